The summed E-state index contributed by atoms with van der Waals surface area (Å²) >= 11 is 6.11. The van der Waals surface area contributed by atoms with Gasteiger partial charge < -0.3 is 0 Å². The first kappa shape index (κ1) is 15.0. The minimum Gasteiger partial charge on any atom is -0.271 e. The maximum absolute atomic E-state index is 6.11. The highest BCUT2D eigenvalue weighted by Crippen LogP contribution is 2.23. The van der Waals surface area contributed by atoms with Crippen LogP contribution in [-0.4, -0.2) is 14.8 Å². The summed E-state index contributed by atoms with van der Waals surface area (Å²) < 4.78 is 1.90. The van der Waals surface area contributed by atoms with Gasteiger partial charge in [-0.15, -0.1) is 0 Å². The molecule has 6 heteroatoms. The van der Waals surface area contributed by atoms with Gasteiger partial charge in [-0.1, -0.05) is 17.7 Å². The molecule has 2 aromatic rings. The van der Waals surface area contributed by atoms with Crippen LogP contribution >= 0.6 is 11.6 Å². The molecule has 0 saturated carbocycles. The van der Waals surface area contributed by atoms with Gasteiger partial charge in [0, 0.05) is 17.5 Å². The average Bonchev–Trinajstić information content (AvgIpc) is 2.82. The molecule has 1 atom stereocenters. The van der Waals surface area contributed by atoms with E-state index in [1.54, 1.807) is 6.33 Å². The standard InChI is InChI=1S/C14H20ClN5/c1-9(2)20-14(17-8-18-20)7-13(19-16)11-4-10(3)5-12(15)6-11/h4-6,8-9,13,19H,7,16H2,1-3H3. The number of rotatable bonds is 5. The number of hydrogen-bond acceptors (Lipinski definition) is 4. The van der Waals surface area contributed by atoms with Crippen molar-refractivity contribution in [3.05, 3.63) is 46.5 Å². The van der Waals surface area contributed by atoms with Gasteiger partial charge in [0.25, 0.3) is 0 Å². The van der Waals surface area contributed by atoms with Crippen LogP contribution in [0.2, 0.25) is 5.02 Å². The molecule has 5 nitrogen and oxygen atoms in total. The Labute approximate surface area is 124 Å². The minimum absolute atomic E-state index is 0.0471. The van der Waals surface area contributed by atoms with Crippen molar-refractivity contribution in [2.24, 2.45) is 5.84 Å². The number of benzene rings is 1. The highest BCUT2D eigenvalue weighted by molar-refractivity contribution is 6.30. The molecule has 0 saturated heterocycles. The molecule has 0 bridgehead atoms. The van der Waals surface area contributed by atoms with Gasteiger partial charge in [-0.25, -0.2) is 9.67 Å². The van der Waals surface area contributed by atoms with Gasteiger partial charge in [0.1, 0.15) is 12.2 Å². The molecule has 0 spiro atoms. The van der Waals surface area contributed by atoms with Gasteiger partial charge in [0.2, 0.25) is 0 Å². The van der Waals surface area contributed by atoms with Crippen LogP contribution in [0.4, 0.5) is 0 Å². The van der Waals surface area contributed by atoms with Crippen molar-refractivity contribution in [3.8, 4) is 0 Å². The maximum Gasteiger partial charge on any atom is 0.138 e. The number of nitrogens with zero attached hydrogens (tertiary/aromatic N) is 3. The topological polar surface area (TPSA) is 68.8 Å². The fourth-order valence-corrected chi connectivity index (χ4v) is 2.57. The molecule has 0 radical (unpaired) electrons. The summed E-state index contributed by atoms with van der Waals surface area (Å²) in [7, 11) is 0. The first-order valence-corrected chi connectivity index (χ1v) is 7.00. The van der Waals surface area contributed by atoms with Gasteiger partial charge in [-0.3, -0.25) is 11.3 Å². The number of nitrogens with one attached hydrogen (secondary N) is 1. The van der Waals surface area contributed by atoms with Crippen LogP contribution in [-0.2, 0) is 6.42 Å². The zero-order valence-electron chi connectivity index (χ0n) is 12.0. The predicted octanol–water partition coefficient (Wildman–Crippen LogP) is 2.57. The fourth-order valence-electron chi connectivity index (χ4n) is 2.27. The van der Waals surface area contributed by atoms with Crippen molar-refractivity contribution < 1.29 is 0 Å². The predicted molar refractivity (Wildman–Crippen MR) is 80.4 cm³/mol. The Morgan fingerprint density at radius 1 is 1.35 bits per heavy atom. The molecule has 20 heavy (non-hydrogen) atoms. The number of aryl methyl sites for hydroxylation is 1. The summed E-state index contributed by atoms with van der Waals surface area (Å²) in [4.78, 5) is 4.32. The molecular formula is C14H20ClN5. The molecule has 1 unspecified atom stereocenters. The van der Waals surface area contributed by atoms with E-state index in [4.69, 9.17) is 17.4 Å². The van der Waals surface area contributed by atoms with Gasteiger partial charge in [-0.2, -0.15) is 5.10 Å². The third-order valence-corrected chi connectivity index (χ3v) is 3.41. The average molecular weight is 294 g/mol. The number of hydrogen-bond donors (Lipinski definition) is 2. The van der Waals surface area contributed by atoms with Gasteiger partial charge in [0.15, 0.2) is 0 Å². The molecule has 3 N–H and O–H groups in total. The minimum atomic E-state index is -0.0471. The molecule has 0 amide bonds. The monoisotopic (exact) mass is 293 g/mol. The number of halogens is 1. The highest BCUT2D eigenvalue weighted by atomic mass is 35.5. The molecule has 1 heterocycles. The lowest BCUT2D eigenvalue weighted by atomic mass is 10.0. The van der Waals surface area contributed by atoms with E-state index in [2.05, 4.69) is 35.4 Å². The Morgan fingerprint density at radius 2 is 2.10 bits per heavy atom. The zero-order chi connectivity index (χ0) is 14.7. The summed E-state index contributed by atoms with van der Waals surface area (Å²) in [6, 6.07) is 6.15. The van der Waals surface area contributed by atoms with Crippen molar-refractivity contribution in [1.29, 1.82) is 0 Å². The summed E-state index contributed by atoms with van der Waals surface area (Å²) in [5, 5.41) is 4.96. The lowest BCUT2D eigenvalue weighted by molar-refractivity contribution is 0.468. The van der Waals surface area contributed by atoms with E-state index in [1.165, 1.54) is 0 Å². The Bertz CT molecular complexity index is 558. The summed E-state index contributed by atoms with van der Waals surface area (Å²) in [6.07, 6.45) is 2.24. The number of hydrazine groups is 1. The molecular weight excluding hydrogens is 274 g/mol. The van der Waals surface area contributed by atoms with E-state index >= 15 is 0 Å². The Balaban J connectivity index is 2.26. The van der Waals surface area contributed by atoms with Crippen LogP contribution < -0.4 is 11.3 Å². The molecule has 1 aromatic heterocycles. The first-order valence-electron chi connectivity index (χ1n) is 6.63. The zero-order valence-corrected chi connectivity index (χ0v) is 12.7. The number of nitrogens with two attached hydrogens (primary N) is 1. The lowest BCUT2D eigenvalue weighted by Gasteiger charge is -2.18. The SMILES string of the molecule is Cc1cc(Cl)cc(C(Cc2ncnn2C(C)C)NN)c1. The molecule has 108 valence electrons. The largest absolute Gasteiger partial charge is 0.271 e. The van der Waals surface area contributed by atoms with E-state index in [-0.39, 0.29) is 12.1 Å². The normalized spacial score (nSPS) is 12.9. The van der Waals surface area contributed by atoms with Crippen molar-refractivity contribution in [2.75, 3.05) is 0 Å². The second-order valence-electron chi connectivity index (χ2n) is 5.20. The second-order valence-corrected chi connectivity index (χ2v) is 5.64. The van der Waals surface area contributed by atoms with Crippen LogP contribution in [0.25, 0.3) is 0 Å². The van der Waals surface area contributed by atoms with Crippen molar-refractivity contribution in [3.63, 3.8) is 0 Å². The van der Waals surface area contributed by atoms with Crippen LogP contribution in [0.3, 0.4) is 0 Å². The van der Waals surface area contributed by atoms with E-state index in [0.717, 1.165) is 17.0 Å². The Morgan fingerprint density at radius 3 is 2.70 bits per heavy atom. The highest BCUT2D eigenvalue weighted by Gasteiger charge is 2.16. The summed E-state index contributed by atoms with van der Waals surface area (Å²) in [5.74, 6) is 6.60. The van der Waals surface area contributed by atoms with Crippen molar-refractivity contribution in [1.82, 2.24) is 20.2 Å². The van der Waals surface area contributed by atoms with Crippen molar-refractivity contribution in [2.45, 2.75) is 39.3 Å². The van der Waals surface area contributed by atoms with Crippen LogP contribution in [0.5, 0.6) is 0 Å². The molecule has 1 aromatic carbocycles. The van der Waals surface area contributed by atoms with E-state index in [9.17, 15) is 0 Å². The first-order chi connectivity index (χ1) is 9.51. The van der Waals surface area contributed by atoms with Gasteiger partial charge >= 0.3 is 0 Å². The molecule has 0 fully saturated rings. The Kier molecular flexibility index (Phi) is 4.75. The molecule has 0 aliphatic carbocycles. The third kappa shape index (κ3) is 3.36. The van der Waals surface area contributed by atoms with E-state index < -0.39 is 0 Å². The molecule has 2 rings (SSSR count). The van der Waals surface area contributed by atoms with Crippen LogP contribution in [0.1, 0.15) is 42.9 Å². The molecule has 0 aliphatic heterocycles. The molecule has 0 aliphatic rings. The summed E-state index contributed by atoms with van der Waals surface area (Å²) in [6.45, 7) is 6.17. The quantitative estimate of drug-likeness (QED) is 0.657. The maximum atomic E-state index is 6.11. The smallest absolute Gasteiger partial charge is 0.138 e. The van der Waals surface area contributed by atoms with Crippen LogP contribution in [0.15, 0.2) is 24.5 Å². The fraction of sp³-hybridized carbons (Fsp3) is 0.429. The third-order valence-electron chi connectivity index (χ3n) is 3.19. The van der Waals surface area contributed by atoms with Gasteiger partial charge in [0.05, 0.1) is 6.04 Å². The lowest BCUT2D eigenvalue weighted by Crippen LogP contribution is -2.30. The number of aromatic nitrogens is 3. The summed E-state index contributed by atoms with van der Waals surface area (Å²) in [5.41, 5.74) is 5.00. The van der Waals surface area contributed by atoms with Crippen molar-refractivity contribution >= 4 is 11.6 Å². The van der Waals surface area contributed by atoms with E-state index in [0.29, 0.717) is 11.4 Å². The second kappa shape index (κ2) is 6.35. The van der Waals surface area contributed by atoms with Gasteiger partial charge in [-0.05, 0) is 44.0 Å². The Hall–Kier alpha value is -1.43. The van der Waals surface area contributed by atoms with Crippen LogP contribution in [0, 0.1) is 6.92 Å². The van der Waals surface area contributed by atoms with E-state index in [1.807, 2.05) is 23.7 Å².